The molecule has 1 rings (SSSR count). The lowest BCUT2D eigenvalue weighted by Gasteiger charge is -2.13. The highest BCUT2D eigenvalue weighted by molar-refractivity contribution is 5.22. The third-order valence-corrected chi connectivity index (χ3v) is 2.33. The van der Waals surface area contributed by atoms with Crippen LogP contribution >= 0.6 is 0 Å². The molecule has 1 aromatic carbocycles. The predicted octanol–water partition coefficient (Wildman–Crippen LogP) is 0.597. The minimum absolute atomic E-state index is 0.0281. The lowest BCUT2D eigenvalue weighted by Crippen LogP contribution is -2.26. The normalized spacial score (nSPS) is 12.7. The van der Waals surface area contributed by atoms with Crippen LogP contribution in [0, 0.1) is 11.6 Å². The first-order valence-corrected chi connectivity index (χ1v) is 5.68. The molecule has 0 radical (unpaired) electrons. The fourth-order valence-corrected chi connectivity index (χ4v) is 1.48. The Labute approximate surface area is 104 Å². The Kier molecular flexibility index (Phi) is 6.74. The highest BCUT2D eigenvalue weighted by Crippen LogP contribution is 2.19. The molecule has 0 spiro atoms. The molecular formula is C12H17F2NO3. The molecule has 3 N–H and O–H groups in total. The lowest BCUT2D eigenvalue weighted by molar-refractivity contribution is 0.0906. The van der Waals surface area contributed by atoms with Crippen molar-refractivity contribution in [2.45, 2.75) is 6.10 Å². The molecule has 0 saturated heterocycles. The van der Waals surface area contributed by atoms with E-state index in [1.807, 2.05) is 0 Å². The molecule has 6 heteroatoms. The standard InChI is InChI=1S/C12H17F2NO3/c13-9-2-1-3-10(14)12(9)11(17)8-15-4-6-18-7-5-16/h1-3,11,15-17H,4-8H2. The van der Waals surface area contributed by atoms with Crippen molar-refractivity contribution < 1.29 is 23.7 Å². The van der Waals surface area contributed by atoms with Gasteiger partial charge in [-0.25, -0.2) is 8.78 Å². The van der Waals surface area contributed by atoms with E-state index in [9.17, 15) is 13.9 Å². The summed E-state index contributed by atoms with van der Waals surface area (Å²) in [6.07, 6.45) is -1.25. The monoisotopic (exact) mass is 261 g/mol. The smallest absolute Gasteiger partial charge is 0.131 e. The van der Waals surface area contributed by atoms with Crippen molar-refractivity contribution in [1.29, 1.82) is 0 Å². The van der Waals surface area contributed by atoms with Crippen LogP contribution in [0.2, 0.25) is 0 Å². The van der Waals surface area contributed by atoms with Gasteiger partial charge in [-0.2, -0.15) is 0 Å². The van der Waals surface area contributed by atoms with Gasteiger partial charge in [-0.15, -0.1) is 0 Å². The second kappa shape index (κ2) is 8.10. The summed E-state index contributed by atoms with van der Waals surface area (Å²) in [5.41, 5.74) is -0.332. The average molecular weight is 261 g/mol. The summed E-state index contributed by atoms with van der Waals surface area (Å²) in [5.74, 6) is -1.53. The Morgan fingerprint density at radius 3 is 2.50 bits per heavy atom. The van der Waals surface area contributed by atoms with Crippen LogP contribution in [0.1, 0.15) is 11.7 Å². The molecule has 1 atom stereocenters. The zero-order valence-corrected chi connectivity index (χ0v) is 9.90. The maximum Gasteiger partial charge on any atom is 0.131 e. The quantitative estimate of drug-likeness (QED) is 0.600. The van der Waals surface area contributed by atoms with Gasteiger partial charge in [0.2, 0.25) is 0 Å². The maximum absolute atomic E-state index is 13.3. The van der Waals surface area contributed by atoms with Gasteiger partial charge >= 0.3 is 0 Å². The molecule has 0 aromatic heterocycles. The SMILES string of the molecule is OCCOCCNCC(O)c1c(F)cccc1F. The molecule has 102 valence electrons. The summed E-state index contributed by atoms with van der Waals surface area (Å²) in [6.45, 7) is 0.996. The Balaban J connectivity index is 2.34. The summed E-state index contributed by atoms with van der Waals surface area (Å²) < 4.78 is 31.6. The van der Waals surface area contributed by atoms with Crippen LogP contribution in [0.3, 0.4) is 0 Å². The van der Waals surface area contributed by atoms with E-state index in [4.69, 9.17) is 9.84 Å². The largest absolute Gasteiger partial charge is 0.394 e. The van der Waals surface area contributed by atoms with Crippen LogP contribution in [0.5, 0.6) is 0 Å². The van der Waals surface area contributed by atoms with Crippen molar-refractivity contribution >= 4 is 0 Å². The molecule has 1 unspecified atom stereocenters. The zero-order chi connectivity index (χ0) is 13.4. The van der Waals surface area contributed by atoms with Crippen LogP contribution in [0.4, 0.5) is 8.78 Å². The van der Waals surface area contributed by atoms with E-state index in [1.54, 1.807) is 0 Å². The molecular weight excluding hydrogens is 244 g/mol. The number of rotatable bonds is 8. The van der Waals surface area contributed by atoms with E-state index in [0.717, 1.165) is 12.1 Å². The first-order valence-electron chi connectivity index (χ1n) is 5.68. The van der Waals surface area contributed by atoms with E-state index in [-0.39, 0.29) is 25.3 Å². The van der Waals surface area contributed by atoms with Gasteiger partial charge in [-0.05, 0) is 12.1 Å². The first kappa shape index (κ1) is 15.0. The van der Waals surface area contributed by atoms with E-state index >= 15 is 0 Å². The van der Waals surface area contributed by atoms with Gasteiger partial charge in [0.1, 0.15) is 11.6 Å². The van der Waals surface area contributed by atoms with Crippen molar-refractivity contribution in [2.24, 2.45) is 0 Å². The van der Waals surface area contributed by atoms with Gasteiger partial charge < -0.3 is 20.3 Å². The van der Waals surface area contributed by atoms with Crippen molar-refractivity contribution in [3.05, 3.63) is 35.4 Å². The van der Waals surface area contributed by atoms with Crippen molar-refractivity contribution in [3.8, 4) is 0 Å². The second-order valence-corrected chi connectivity index (χ2v) is 3.69. The van der Waals surface area contributed by atoms with Crippen molar-refractivity contribution in [1.82, 2.24) is 5.32 Å². The second-order valence-electron chi connectivity index (χ2n) is 3.69. The zero-order valence-electron chi connectivity index (χ0n) is 9.90. The summed E-state index contributed by atoms with van der Waals surface area (Å²) in [4.78, 5) is 0. The number of nitrogens with one attached hydrogen (secondary N) is 1. The molecule has 0 amide bonds. The number of ether oxygens (including phenoxy) is 1. The molecule has 0 bridgehead atoms. The van der Waals surface area contributed by atoms with E-state index in [2.05, 4.69) is 5.32 Å². The topological polar surface area (TPSA) is 61.7 Å². The van der Waals surface area contributed by atoms with Gasteiger partial charge in [0.25, 0.3) is 0 Å². The Hall–Kier alpha value is -1.08. The van der Waals surface area contributed by atoms with Gasteiger partial charge in [-0.3, -0.25) is 0 Å². The van der Waals surface area contributed by atoms with E-state index in [0.29, 0.717) is 13.2 Å². The molecule has 0 aliphatic rings. The van der Waals surface area contributed by atoms with Crippen LogP contribution in [0.15, 0.2) is 18.2 Å². The Morgan fingerprint density at radius 2 is 1.89 bits per heavy atom. The number of benzene rings is 1. The molecule has 1 aromatic rings. The summed E-state index contributed by atoms with van der Waals surface area (Å²) in [7, 11) is 0. The van der Waals surface area contributed by atoms with Gasteiger partial charge in [0.15, 0.2) is 0 Å². The number of halogens is 2. The van der Waals surface area contributed by atoms with Gasteiger partial charge in [-0.1, -0.05) is 6.07 Å². The van der Waals surface area contributed by atoms with E-state index in [1.165, 1.54) is 6.07 Å². The van der Waals surface area contributed by atoms with Crippen LogP contribution < -0.4 is 5.32 Å². The third kappa shape index (κ3) is 4.66. The molecule has 0 aliphatic heterocycles. The molecule has 4 nitrogen and oxygen atoms in total. The highest BCUT2D eigenvalue weighted by atomic mass is 19.1. The van der Waals surface area contributed by atoms with Gasteiger partial charge in [0.05, 0.1) is 31.5 Å². The Bertz CT molecular complexity index is 343. The molecule has 18 heavy (non-hydrogen) atoms. The minimum Gasteiger partial charge on any atom is -0.394 e. The lowest BCUT2D eigenvalue weighted by atomic mass is 10.1. The van der Waals surface area contributed by atoms with Crippen LogP contribution in [-0.2, 0) is 4.74 Å². The minimum atomic E-state index is -1.25. The first-order chi connectivity index (χ1) is 8.66. The fourth-order valence-electron chi connectivity index (χ4n) is 1.48. The fraction of sp³-hybridized carbons (Fsp3) is 0.500. The highest BCUT2D eigenvalue weighted by Gasteiger charge is 2.16. The molecule has 0 saturated carbocycles. The molecule has 0 fully saturated rings. The molecule has 0 aliphatic carbocycles. The van der Waals surface area contributed by atoms with Crippen LogP contribution in [0.25, 0.3) is 0 Å². The van der Waals surface area contributed by atoms with Gasteiger partial charge in [0, 0.05) is 13.1 Å². The average Bonchev–Trinajstić information content (AvgIpc) is 2.33. The number of hydrogen-bond acceptors (Lipinski definition) is 4. The predicted molar refractivity (Wildman–Crippen MR) is 62.1 cm³/mol. The van der Waals surface area contributed by atoms with E-state index < -0.39 is 17.7 Å². The number of hydrogen-bond donors (Lipinski definition) is 3. The third-order valence-electron chi connectivity index (χ3n) is 2.33. The van der Waals surface area contributed by atoms with Crippen LogP contribution in [-0.4, -0.2) is 43.1 Å². The van der Waals surface area contributed by atoms with Crippen molar-refractivity contribution in [2.75, 3.05) is 32.9 Å². The number of aliphatic hydroxyl groups excluding tert-OH is 2. The molecule has 0 heterocycles. The maximum atomic E-state index is 13.3. The van der Waals surface area contributed by atoms with Crippen molar-refractivity contribution in [3.63, 3.8) is 0 Å². The summed E-state index contributed by atoms with van der Waals surface area (Å²) in [6, 6.07) is 3.45. The number of aliphatic hydroxyl groups is 2. The summed E-state index contributed by atoms with van der Waals surface area (Å²) in [5, 5.41) is 20.9. The Morgan fingerprint density at radius 1 is 1.22 bits per heavy atom. The summed E-state index contributed by atoms with van der Waals surface area (Å²) >= 11 is 0.